The lowest BCUT2D eigenvalue weighted by Crippen LogP contribution is -2.35. The quantitative estimate of drug-likeness (QED) is 0.733. The van der Waals surface area contributed by atoms with Gasteiger partial charge in [0.2, 0.25) is 0 Å². The van der Waals surface area contributed by atoms with E-state index in [2.05, 4.69) is 0 Å². The summed E-state index contributed by atoms with van der Waals surface area (Å²) in [5, 5.41) is 0. The minimum Gasteiger partial charge on any atom is -0.374 e. The Morgan fingerprint density at radius 2 is 1.52 bits per heavy atom. The van der Waals surface area contributed by atoms with Gasteiger partial charge in [-0.1, -0.05) is 60.7 Å². The molecule has 1 aliphatic heterocycles. The molecule has 4 atom stereocenters. The normalized spacial score (nSPS) is 26.0. The standard InChI is InChI=1S/C20H23FO4/c1-22-20-18(21)19(24-13-16-10-6-3-7-11-16)17(25-20)14-23-12-15-8-4-2-5-9-15/h2-11,17-20H,12-14H2,1H3. The number of benzene rings is 2. The fourth-order valence-corrected chi connectivity index (χ4v) is 2.84. The van der Waals surface area contributed by atoms with Gasteiger partial charge in [0.25, 0.3) is 0 Å². The smallest absolute Gasteiger partial charge is 0.191 e. The van der Waals surface area contributed by atoms with Crippen molar-refractivity contribution in [1.82, 2.24) is 0 Å². The molecule has 4 unspecified atom stereocenters. The molecule has 1 heterocycles. The van der Waals surface area contributed by atoms with Crippen LogP contribution in [0.4, 0.5) is 4.39 Å². The van der Waals surface area contributed by atoms with Gasteiger partial charge >= 0.3 is 0 Å². The van der Waals surface area contributed by atoms with Gasteiger partial charge in [0.05, 0.1) is 19.8 Å². The van der Waals surface area contributed by atoms with E-state index in [0.717, 1.165) is 11.1 Å². The van der Waals surface area contributed by atoms with Crippen molar-refractivity contribution in [1.29, 1.82) is 0 Å². The number of hydrogen-bond donors (Lipinski definition) is 0. The van der Waals surface area contributed by atoms with E-state index in [1.807, 2.05) is 60.7 Å². The Labute approximate surface area is 147 Å². The third kappa shape index (κ3) is 4.86. The molecular formula is C20H23FO4. The summed E-state index contributed by atoms with van der Waals surface area (Å²) < 4.78 is 36.7. The molecule has 3 rings (SSSR count). The van der Waals surface area contributed by atoms with Crippen LogP contribution in [-0.4, -0.2) is 38.4 Å². The van der Waals surface area contributed by atoms with Crippen molar-refractivity contribution in [3.8, 4) is 0 Å². The minimum absolute atomic E-state index is 0.245. The van der Waals surface area contributed by atoms with Crippen LogP contribution in [-0.2, 0) is 32.2 Å². The summed E-state index contributed by atoms with van der Waals surface area (Å²) in [5.41, 5.74) is 2.04. The van der Waals surface area contributed by atoms with Crippen LogP contribution >= 0.6 is 0 Å². The van der Waals surface area contributed by atoms with Crippen LogP contribution in [0.1, 0.15) is 11.1 Å². The molecule has 0 saturated carbocycles. The molecule has 0 amide bonds. The zero-order valence-corrected chi connectivity index (χ0v) is 14.2. The van der Waals surface area contributed by atoms with Gasteiger partial charge in [-0.05, 0) is 11.1 Å². The van der Waals surface area contributed by atoms with Gasteiger partial charge in [-0.15, -0.1) is 0 Å². The molecule has 4 nitrogen and oxygen atoms in total. The summed E-state index contributed by atoms with van der Waals surface area (Å²) in [6, 6.07) is 19.5. The molecule has 0 radical (unpaired) electrons. The first kappa shape index (κ1) is 18.0. The molecule has 134 valence electrons. The highest BCUT2D eigenvalue weighted by Gasteiger charge is 2.46. The molecule has 5 heteroatoms. The van der Waals surface area contributed by atoms with E-state index in [9.17, 15) is 4.39 Å². The molecule has 1 aliphatic rings. The SMILES string of the molecule is COC1OC(COCc2ccccc2)C(OCc2ccccc2)C1F. The number of alkyl halides is 1. The Balaban J connectivity index is 1.55. The average Bonchev–Trinajstić information content (AvgIpc) is 2.97. The van der Waals surface area contributed by atoms with Crippen molar-refractivity contribution in [3.05, 3.63) is 71.8 Å². The first-order chi connectivity index (χ1) is 12.3. The van der Waals surface area contributed by atoms with Crippen molar-refractivity contribution >= 4 is 0 Å². The van der Waals surface area contributed by atoms with E-state index in [4.69, 9.17) is 18.9 Å². The molecule has 0 aromatic heterocycles. The summed E-state index contributed by atoms with van der Waals surface area (Å²) in [6.45, 7) is 1.01. The van der Waals surface area contributed by atoms with Crippen LogP contribution in [0.15, 0.2) is 60.7 Å². The molecule has 0 N–H and O–H groups in total. The van der Waals surface area contributed by atoms with Crippen LogP contribution in [0.5, 0.6) is 0 Å². The molecule has 2 aromatic rings. The van der Waals surface area contributed by atoms with Crippen LogP contribution < -0.4 is 0 Å². The lowest BCUT2D eigenvalue weighted by atomic mass is 10.1. The van der Waals surface area contributed by atoms with Crippen molar-refractivity contribution in [2.24, 2.45) is 0 Å². The van der Waals surface area contributed by atoms with Crippen LogP contribution in [0.25, 0.3) is 0 Å². The van der Waals surface area contributed by atoms with E-state index >= 15 is 0 Å². The molecular weight excluding hydrogens is 323 g/mol. The van der Waals surface area contributed by atoms with Crippen molar-refractivity contribution in [2.75, 3.05) is 13.7 Å². The maximum absolute atomic E-state index is 14.5. The maximum Gasteiger partial charge on any atom is 0.191 e. The van der Waals surface area contributed by atoms with Crippen molar-refractivity contribution in [3.63, 3.8) is 0 Å². The van der Waals surface area contributed by atoms with E-state index in [-0.39, 0.29) is 6.61 Å². The number of halogens is 1. The highest BCUT2D eigenvalue weighted by molar-refractivity contribution is 5.14. The van der Waals surface area contributed by atoms with Crippen molar-refractivity contribution in [2.45, 2.75) is 37.9 Å². The highest BCUT2D eigenvalue weighted by atomic mass is 19.1. The Morgan fingerprint density at radius 3 is 2.12 bits per heavy atom. The number of rotatable bonds is 8. The number of hydrogen-bond acceptors (Lipinski definition) is 4. The Hall–Kier alpha value is -1.79. The third-order valence-corrected chi connectivity index (χ3v) is 4.16. The molecule has 1 fully saturated rings. The van der Waals surface area contributed by atoms with Crippen molar-refractivity contribution < 1.29 is 23.3 Å². The topological polar surface area (TPSA) is 36.9 Å². The lowest BCUT2D eigenvalue weighted by molar-refractivity contribution is -0.147. The largest absolute Gasteiger partial charge is 0.374 e. The fourth-order valence-electron chi connectivity index (χ4n) is 2.84. The van der Waals surface area contributed by atoms with Gasteiger partial charge < -0.3 is 18.9 Å². The zero-order chi connectivity index (χ0) is 17.5. The lowest BCUT2D eigenvalue weighted by Gasteiger charge is -2.20. The Kier molecular flexibility index (Phi) is 6.53. The molecule has 25 heavy (non-hydrogen) atoms. The predicted octanol–water partition coefficient (Wildman–Crippen LogP) is 3.50. The summed E-state index contributed by atoms with van der Waals surface area (Å²) in [6.07, 6.45) is -3.50. The molecule has 0 spiro atoms. The van der Waals surface area contributed by atoms with E-state index in [0.29, 0.717) is 13.2 Å². The number of ether oxygens (including phenoxy) is 4. The maximum atomic E-state index is 14.5. The van der Waals surface area contributed by atoms with Gasteiger partial charge in [-0.3, -0.25) is 0 Å². The zero-order valence-electron chi connectivity index (χ0n) is 14.2. The Morgan fingerprint density at radius 1 is 0.920 bits per heavy atom. The van der Waals surface area contributed by atoms with Crippen LogP contribution in [0.2, 0.25) is 0 Å². The van der Waals surface area contributed by atoms with Gasteiger partial charge in [0.15, 0.2) is 12.5 Å². The highest BCUT2D eigenvalue weighted by Crippen LogP contribution is 2.28. The molecule has 0 bridgehead atoms. The van der Waals surface area contributed by atoms with Gasteiger partial charge in [-0.2, -0.15) is 0 Å². The predicted molar refractivity (Wildman–Crippen MR) is 91.7 cm³/mol. The third-order valence-electron chi connectivity index (χ3n) is 4.16. The minimum atomic E-state index is -1.35. The van der Waals surface area contributed by atoms with Crippen LogP contribution in [0.3, 0.4) is 0 Å². The molecule has 0 aliphatic carbocycles. The van der Waals surface area contributed by atoms with Gasteiger partial charge in [-0.25, -0.2) is 4.39 Å². The second-order valence-corrected chi connectivity index (χ2v) is 5.98. The first-order valence-corrected chi connectivity index (χ1v) is 8.37. The summed E-state index contributed by atoms with van der Waals surface area (Å²) in [7, 11) is 1.43. The van der Waals surface area contributed by atoms with Gasteiger partial charge in [0, 0.05) is 7.11 Å². The van der Waals surface area contributed by atoms with E-state index in [1.54, 1.807) is 0 Å². The Bertz CT molecular complexity index is 622. The second-order valence-electron chi connectivity index (χ2n) is 5.98. The average molecular weight is 346 g/mol. The fraction of sp³-hybridized carbons (Fsp3) is 0.400. The summed E-state index contributed by atoms with van der Waals surface area (Å²) in [5.74, 6) is 0. The monoisotopic (exact) mass is 346 g/mol. The summed E-state index contributed by atoms with van der Waals surface area (Å²) in [4.78, 5) is 0. The summed E-state index contributed by atoms with van der Waals surface area (Å²) >= 11 is 0. The van der Waals surface area contributed by atoms with E-state index < -0.39 is 24.7 Å². The van der Waals surface area contributed by atoms with Crippen LogP contribution in [0, 0.1) is 0 Å². The van der Waals surface area contributed by atoms with E-state index in [1.165, 1.54) is 7.11 Å². The first-order valence-electron chi connectivity index (χ1n) is 8.37. The number of methoxy groups -OCH3 is 1. The molecule has 2 aromatic carbocycles. The van der Waals surface area contributed by atoms with Gasteiger partial charge in [0.1, 0.15) is 12.2 Å². The second kappa shape index (κ2) is 9.06. The molecule has 1 saturated heterocycles.